The SMILES string of the molecule is C#CCSCCNC1CCc2ccccc2C1. The molecule has 1 aromatic rings. The van der Waals surface area contributed by atoms with Gasteiger partial charge < -0.3 is 5.32 Å². The van der Waals surface area contributed by atoms with Gasteiger partial charge in [0, 0.05) is 18.3 Å². The third-order valence-corrected chi connectivity index (χ3v) is 4.08. The van der Waals surface area contributed by atoms with Crippen LogP contribution < -0.4 is 5.32 Å². The Labute approximate surface area is 108 Å². The Morgan fingerprint density at radius 1 is 1.35 bits per heavy atom. The molecule has 1 N–H and O–H groups in total. The highest BCUT2D eigenvalue weighted by Crippen LogP contribution is 2.20. The molecule has 0 heterocycles. The maximum absolute atomic E-state index is 5.22. The topological polar surface area (TPSA) is 12.0 Å². The van der Waals surface area contributed by atoms with Crippen LogP contribution in [0.5, 0.6) is 0 Å². The van der Waals surface area contributed by atoms with Crippen molar-refractivity contribution >= 4 is 11.8 Å². The van der Waals surface area contributed by atoms with E-state index in [2.05, 4.69) is 35.5 Å². The number of rotatable bonds is 5. The summed E-state index contributed by atoms with van der Waals surface area (Å²) in [5.41, 5.74) is 3.06. The number of hydrogen-bond donors (Lipinski definition) is 1. The van der Waals surface area contributed by atoms with E-state index in [1.54, 1.807) is 0 Å². The van der Waals surface area contributed by atoms with Crippen LogP contribution in [0.3, 0.4) is 0 Å². The highest BCUT2D eigenvalue weighted by Gasteiger charge is 2.16. The zero-order chi connectivity index (χ0) is 11.9. The molecule has 1 atom stereocenters. The van der Waals surface area contributed by atoms with Crippen LogP contribution >= 0.6 is 11.8 Å². The fourth-order valence-electron chi connectivity index (χ4n) is 2.34. The molecule has 0 aliphatic heterocycles. The number of fused-ring (bicyclic) bond motifs is 1. The van der Waals surface area contributed by atoms with E-state index in [1.807, 2.05) is 11.8 Å². The smallest absolute Gasteiger partial charge is 0.0545 e. The van der Waals surface area contributed by atoms with E-state index in [1.165, 1.54) is 30.4 Å². The minimum Gasteiger partial charge on any atom is -0.313 e. The first-order chi connectivity index (χ1) is 8.40. The summed E-state index contributed by atoms with van der Waals surface area (Å²) in [6.07, 6.45) is 8.87. The second-order valence-electron chi connectivity index (χ2n) is 4.42. The lowest BCUT2D eigenvalue weighted by atomic mass is 9.88. The van der Waals surface area contributed by atoms with E-state index >= 15 is 0 Å². The molecule has 1 aromatic carbocycles. The molecule has 1 unspecified atom stereocenters. The molecule has 1 nitrogen and oxygen atoms in total. The van der Waals surface area contributed by atoms with Crippen molar-refractivity contribution in [2.45, 2.75) is 25.3 Å². The van der Waals surface area contributed by atoms with Crippen molar-refractivity contribution in [3.8, 4) is 12.3 Å². The Morgan fingerprint density at radius 2 is 2.18 bits per heavy atom. The predicted octanol–water partition coefficient (Wildman–Crippen LogP) is 2.50. The van der Waals surface area contributed by atoms with Gasteiger partial charge in [-0.3, -0.25) is 0 Å². The lowest BCUT2D eigenvalue weighted by Crippen LogP contribution is -2.35. The van der Waals surface area contributed by atoms with Crippen molar-refractivity contribution in [1.82, 2.24) is 5.32 Å². The van der Waals surface area contributed by atoms with E-state index in [-0.39, 0.29) is 0 Å². The zero-order valence-corrected chi connectivity index (χ0v) is 10.9. The lowest BCUT2D eigenvalue weighted by Gasteiger charge is -2.25. The minimum atomic E-state index is 0.649. The number of thioether (sulfide) groups is 1. The molecule has 1 aliphatic rings. The van der Waals surface area contributed by atoms with Gasteiger partial charge in [-0.25, -0.2) is 0 Å². The van der Waals surface area contributed by atoms with Crippen LogP contribution in [-0.4, -0.2) is 24.1 Å². The summed E-state index contributed by atoms with van der Waals surface area (Å²) in [6, 6.07) is 9.45. The number of hydrogen-bond acceptors (Lipinski definition) is 2. The molecule has 0 aromatic heterocycles. The molecule has 90 valence electrons. The fourth-order valence-corrected chi connectivity index (χ4v) is 2.86. The van der Waals surface area contributed by atoms with Gasteiger partial charge in [-0.15, -0.1) is 18.2 Å². The number of nitrogens with one attached hydrogen (secondary N) is 1. The average molecular weight is 245 g/mol. The third-order valence-electron chi connectivity index (χ3n) is 3.21. The van der Waals surface area contributed by atoms with Crippen LogP contribution in [0.4, 0.5) is 0 Å². The second-order valence-corrected chi connectivity index (χ2v) is 5.52. The van der Waals surface area contributed by atoms with Crippen LogP contribution in [0, 0.1) is 12.3 Å². The summed E-state index contributed by atoms with van der Waals surface area (Å²) in [4.78, 5) is 0. The Kier molecular flexibility index (Phi) is 4.97. The van der Waals surface area contributed by atoms with Gasteiger partial charge in [0.2, 0.25) is 0 Å². The Morgan fingerprint density at radius 3 is 3.00 bits per heavy atom. The van der Waals surface area contributed by atoms with Crippen molar-refractivity contribution in [3.63, 3.8) is 0 Å². The zero-order valence-electron chi connectivity index (χ0n) is 10.1. The van der Waals surface area contributed by atoms with Crippen LogP contribution in [-0.2, 0) is 12.8 Å². The third kappa shape index (κ3) is 3.80. The highest BCUT2D eigenvalue weighted by atomic mass is 32.2. The predicted molar refractivity (Wildman–Crippen MR) is 76.4 cm³/mol. The van der Waals surface area contributed by atoms with Crippen molar-refractivity contribution in [3.05, 3.63) is 35.4 Å². The molecule has 0 spiro atoms. The largest absolute Gasteiger partial charge is 0.313 e. The fraction of sp³-hybridized carbons (Fsp3) is 0.467. The first-order valence-corrected chi connectivity index (χ1v) is 7.37. The van der Waals surface area contributed by atoms with Gasteiger partial charge in [-0.1, -0.05) is 30.2 Å². The summed E-state index contributed by atoms with van der Waals surface area (Å²) >= 11 is 1.83. The van der Waals surface area contributed by atoms with Crippen molar-refractivity contribution < 1.29 is 0 Å². The van der Waals surface area contributed by atoms with E-state index in [0.29, 0.717) is 6.04 Å². The molecular weight excluding hydrogens is 226 g/mol. The number of aryl methyl sites for hydroxylation is 1. The van der Waals surface area contributed by atoms with Crippen LogP contribution in [0.2, 0.25) is 0 Å². The Balaban J connectivity index is 1.73. The first-order valence-electron chi connectivity index (χ1n) is 6.21. The minimum absolute atomic E-state index is 0.649. The van der Waals surface area contributed by atoms with E-state index < -0.39 is 0 Å². The summed E-state index contributed by atoms with van der Waals surface area (Å²) in [5.74, 6) is 4.60. The van der Waals surface area contributed by atoms with Crippen LogP contribution in [0.15, 0.2) is 24.3 Å². The van der Waals surface area contributed by atoms with Gasteiger partial charge in [-0.2, -0.15) is 0 Å². The summed E-state index contributed by atoms with van der Waals surface area (Å²) in [5, 5.41) is 3.63. The lowest BCUT2D eigenvalue weighted by molar-refractivity contribution is 0.472. The molecule has 0 amide bonds. The molecule has 2 heteroatoms. The van der Waals surface area contributed by atoms with Crippen molar-refractivity contribution in [1.29, 1.82) is 0 Å². The summed E-state index contributed by atoms with van der Waals surface area (Å²) < 4.78 is 0. The summed E-state index contributed by atoms with van der Waals surface area (Å²) in [7, 11) is 0. The molecule has 0 radical (unpaired) electrons. The molecule has 1 aliphatic carbocycles. The average Bonchev–Trinajstić information content (AvgIpc) is 2.38. The second kappa shape index (κ2) is 6.74. The standard InChI is InChI=1S/C15H19NS/c1-2-10-17-11-9-16-15-8-7-13-5-3-4-6-14(13)12-15/h1,3-6,15-16H,7-12H2. The van der Waals surface area contributed by atoms with Gasteiger partial charge in [0.15, 0.2) is 0 Å². The van der Waals surface area contributed by atoms with E-state index in [9.17, 15) is 0 Å². The molecule has 0 saturated carbocycles. The summed E-state index contributed by atoms with van der Waals surface area (Å²) in [6.45, 7) is 1.07. The van der Waals surface area contributed by atoms with Gasteiger partial charge >= 0.3 is 0 Å². The van der Waals surface area contributed by atoms with Gasteiger partial charge in [0.25, 0.3) is 0 Å². The Hall–Kier alpha value is -0.910. The van der Waals surface area contributed by atoms with Gasteiger partial charge in [0.05, 0.1) is 5.75 Å². The van der Waals surface area contributed by atoms with Gasteiger partial charge in [0.1, 0.15) is 0 Å². The normalized spacial score (nSPS) is 18.4. The number of benzene rings is 1. The number of terminal acetylenes is 1. The first kappa shape index (κ1) is 12.5. The molecule has 17 heavy (non-hydrogen) atoms. The van der Waals surface area contributed by atoms with E-state index in [4.69, 9.17) is 6.42 Å². The monoisotopic (exact) mass is 245 g/mol. The molecule has 2 rings (SSSR count). The molecular formula is C15H19NS. The van der Waals surface area contributed by atoms with Gasteiger partial charge in [-0.05, 0) is 30.4 Å². The van der Waals surface area contributed by atoms with Crippen molar-refractivity contribution in [2.75, 3.05) is 18.1 Å². The maximum Gasteiger partial charge on any atom is 0.0545 e. The quantitative estimate of drug-likeness (QED) is 0.632. The molecule has 0 bridgehead atoms. The highest BCUT2D eigenvalue weighted by molar-refractivity contribution is 7.99. The Bertz CT molecular complexity index is 394. The molecule has 0 saturated heterocycles. The van der Waals surface area contributed by atoms with E-state index in [0.717, 1.165) is 18.1 Å². The van der Waals surface area contributed by atoms with Crippen LogP contribution in [0.1, 0.15) is 17.5 Å². The van der Waals surface area contributed by atoms with Crippen LogP contribution in [0.25, 0.3) is 0 Å². The van der Waals surface area contributed by atoms with Crippen molar-refractivity contribution in [2.24, 2.45) is 0 Å². The molecule has 0 fully saturated rings. The maximum atomic E-state index is 5.22.